The Balaban J connectivity index is 1.95. The smallest absolute Gasteiger partial charge is 0.179 e. The molecule has 0 radical (unpaired) electrons. The van der Waals surface area contributed by atoms with Crippen LogP contribution in [0.4, 0.5) is 0 Å². The molecule has 0 amide bonds. The van der Waals surface area contributed by atoms with Crippen LogP contribution < -0.4 is 5.32 Å². The predicted octanol–water partition coefficient (Wildman–Crippen LogP) is 0.174. The molecule has 3 rings (SSSR count). The first-order valence-corrected chi connectivity index (χ1v) is 5.29. The van der Waals surface area contributed by atoms with Crippen molar-refractivity contribution in [1.29, 1.82) is 0 Å². The first kappa shape index (κ1) is 9.68. The van der Waals surface area contributed by atoms with Crippen LogP contribution in [0, 0.1) is 0 Å². The molecule has 2 aromatic heterocycles. The molecular formula is C10H13N5O. The molecule has 2 atom stereocenters. The van der Waals surface area contributed by atoms with E-state index >= 15 is 0 Å². The van der Waals surface area contributed by atoms with Gasteiger partial charge in [0.05, 0.1) is 18.3 Å². The van der Waals surface area contributed by atoms with Crippen molar-refractivity contribution in [2.24, 2.45) is 0 Å². The van der Waals surface area contributed by atoms with Gasteiger partial charge in [-0.1, -0.05) is 0 Å². The Labute approximate surface area is 92.7 Å². The zero-order valence-corrected chi connectivity index (χ0v) is 9.00. The molecule has 1 aliphatic heterocycles. The molecule has 1 saturated heterocycles. The van der Waals surface area contributed by atoms with Gasteiger partial charge in [0.1, 0.15) is 0 Å². The van der Waals surface area contributed by atoms with Crippen molar-refractivity contribution in [1.82, 2.24) is 24.9 Å². The summed E-state index contributed by atoms with van der Waals surface area (Å²) in [6.07, 6.45) is 6.52. The van der Waals surface area contributed by atoms with Gasteiger partial charge in [0.25, 0.3) is 0 Å². The zero-order chi connectivity index (χ0) is 11.0. The first-order chi connectivity index (χ1) is 7.88. The summed E-state index contributed by atoms with van der Waals surface area (Å²) in [6, 6.07) is 0.211. The van der Waals surface area contributed by atoms with Crippen LogP contribution in [0.5, 0.6) is 0 Å². The maximum Gasteiger partial charge on any atom is 0.179 e. The van der Waals surface area contributed by atoms with Gasteiger partial charge in [0.15, 0.2) is 11.5 Å². The summed E-state index contributed by atoms with van der Waals surface area (Å²) in [4.78, 5) is 4.02. The fourth-order valence-corrected chi connectivity index (χ4v) is 2.09. The van der Waals surface area contributed by atoms with Gasteiger partial charge < -0.3 is 10.1 Å². The van der Waals surface area contributed by atoms with Crippen molar-refractivity contribution < 1.29 is 4.74 Å². The van der Waals surface area contributed by atoms with Gasteiger partial charge in [-0.05, 0) is 6.42 Å². The Kier molecular flexibility index (Phi) is 2.30. The Morgan fingerprint density at radius 3 is 3.25 bits per heavy atom. The molecule has 6 nitrogen and oxygen atoms in total. The molecule has 3 heterocycles. The number of hydrogen-bond donors (Lipinski definition) is 1. The van der Waals surface area contributed by atoms with Crippen LogP contribution in [0.1, 0.15) is 18.3 Å². The van der Waals surface area contributed by atoms with Gasteiger partial charge in [-0.3, -0.25) is 9.38 Å². The van der Waals surface area contributed by atoms with E-state index in [2.05, 4.69) is 20.5 Å². The molecule has 0 aromatic carbocycles. The van der Waals surface area contributed by atoms with Gasteiger partial charge in [-0.15, -0.1) is 10.2 Å². The summed E-state index contributed by atoms with van der Waals surface area (Å²) in [7, 11) is 1.74. The lowest BCUT2D eigenvalue weighted by molar-refractivity contribution is 0.117. The summed E-state index contributed by atoms with van der Waals surface area (Å²) in [6.45, 7) is 0.862. The van der Waals surface area contributed by atoms with Crippen molar-refractivity contribution in [3.63, 3.8) is 0 Å². The van der Waals surface area contributed by atoms with E-state index in [0.29, 0.717) is 0 Å². The summed E-state index contributed by atoms with van der Waals surface area (Å²) in [5.74, 6) is 0.928. The minimum Gasteiger partial charge on any atom is -0.380 e. The van der Waals surface area contributed by atoms with E-state index in [4.69, 9.17) is 4.74 Å². The van der Waals surface area contributed by atoms with Crippen LogP contribution in [-0.2, 0) is 4.74 Å². The quantitative estimate of drug-likeness (QED) is 0.780. The fraction of sp³-hybridized carbons (Fsp3) is 0.500. The Morgan fingerprint density at radius 1 is 1.50 bits per heavy atom. The van der Waals surface area contributed by atoms with Crippen LogP contribution in [0.15, 0.2) is 18.6 Å². The molecule has 84 valence electrons. The first-order valence-electron chi connectivity index (χ1n) is 5.29. The maximum absolute atomic E-state index is 5.32. The third-order valence-electron chi connectivity index (χ3n) is 2.98. The van der Waals surface area contributed by atoms with Crippen LogP contribution in [0.3, 0.4) is 0 Å². The van der Waals surface area contributed by atoms with Crippen LogP contribution in [-0.4, -0.2) is 39.3 Å². The molecule has 1 fully saturated rings. The lowest BCUT2D eigenvalue weighted by Crippen LogP contribution is -2.17. The fourth-order valence-electron chi connectivity index (χ4n) is 2.09. The maximum atomic E-state index is 5.32. The molecule has 2 aromatic rings. The Hall–Kier alpha value is -1.53. The molecule has 0 bridgehead atoms. The highest BCUT2D eigenvalue weighted by atomic mass is 16.5. The topological polar surface area (TPSA) is 64.3 Å². The van der Waals surface area contributed by atoms with Crippen molar-refractivity contribution in [3.05, 3.63) is 24.4 Å². The molecule has 16 heavy (non-hydrogen) atoms. The van der Waals surface area contributed by atoms with Crippen LogP contribution >= 0.6 is 0 Å². The standard InChI is InChI=1S/C10H13N5O/c1-16-7-4-8(12-5-7)10-14-13-9-6-11-2-3-15(9)10/h2-3,6-8,12H,4-5H2,1H3/t7-,8+/m0/s1. The third kappa shape index (κ3) is 1.46. The lowest BCUT2D eigenvalue weighted by Gasteiger charge is -2.07. The number of rotatable bonds is 2. The van der Waals surface area contributed by atoms with E-state index in [-0.39, 0.29) is 12.1 Å². The highest BCUT2D eigenvalue weighted by molar-refractivity contribution is 5.34. The van der Waals surface area contributed by atoms with Gasteiger partial charge in [-0.25, -0.2) is 0 Å². The minimum absolute atomic E-state index is 0.211. The van der Waals surface area contributed by atoms with E-state index in [9.17, 15) is 0 Å². The number of nitrogens with one attached hydrogen (secondary N) is 1. The normalized spacial score (nSPS) is 25.3. The second-order valence-electron chi connectivity index (χ2n) is 3.92. The minimum atomic E-state index is 0.211. The van der Waals surface area contributed by atoms with Crippen LogP contribution in [0.2, 0.25) is 0 Å². The molecule has 0 aliphatic carbocycles. The number of hydrogen-bond acceptors (Lipinski definition) is 5. The third-order valence-corrected chi connectivity index (χ3v) is 2.98. The molecule has 0 spiro atoms. The van der Waals surface area contributed by atoms with Crippen molar-refractivity contribution in [2.75, 3.05) is 13.7 Å². The Morgan fingerprint density at radius 2 is 2.44 bits per heavy atom. The largest absolute Gasteiger partial charge is 0.380 e. The van der Waals surface area contributed by atoms with Crippen molar-refractivity contribution >= 4 is 5.65 Å². The molecule has 0 saturated carbocycles. The summed E-state index contributed by atoms with van der Waals surface area (Å²) in [5.41, 5.74) is 0.778. The molecular weight excluding hydrogens is 206 g/mol. The number of ether oxygens (including phenoxy) is 1. The lowest BCUT2D eigenvalue weighted by atomic mass is 10.2. The second-order valence-corrected chi connectivity index (χ2v) is 3.92. The highest BCUT2D eigenvalue weighted by Gasteiger charge is 2.28. The van der Waals surface area contributed by atoms with Gasteiger partial charge in [-0.2, -0.15) is 0 Å². The highest BCUT2D eigenvalue weighted by Crippen LogP contribution is 2.23. The van der Waals surface area contributed by atoms with Crippen molar-refractivity contribution in [2.45, 2.75) is 18.6 Å². The summed E-state index contributed by atoms with van der Waals surface area (Å²) < 4.78 is 7.28. The predicted molar refractivity (Wildman–Crippen MR) is 56.9 cm³/mol. The molecule has 6 heteroatoms. The average Bonchev–Trinajstić information content (AvgIpc) is 2.94. The summed E-state index contributed by atoms with van der Waals surface area (Å²) >= 11 is 0. The van der Waals surface area contributed by atoms with E-state index in [1.54, 1.807) is 19.5 Å². The van der Waals surface area contributed by atoms with E-state index < -0.39 is 0 Å². The van der Waals surface area contributed by atoms with E-state index in [1.807, 2.05) is 10.6 Å². The monoisotopic (exact) mass is 219 g/mol. The van der Waals surface area contributed by atoms with E-state index in [1.165, 1.54) is 0 Å². The van der Waals surface area contributed by atoms with Gasteiger partial charge in [0, 0.05) is 26.0 Å². The van der Waals surface area contributed by atoms with Crippen LogP contribution in [0.25, 0.3) is 5.65 Å². The van der Waals surface area contributed by atoms with Crippen molar-refractivity contribution in [3.8, 4) is 0 Å². The zero-order valence-electron chi connectivity index (χ0n) is 9.00. The number of methoxy groups -OCH3 is 1. The van der Waals surface area contributed by atoms with E-state index in [0.717, 1.165) is 24.4 Å². The number of aromatic nitrogens is 4. The van der Waals surface area contributed by atoms with Gasteiger partial charge in [0.2, 0.25) is 0 Å². The second kappa shape index (κ2) is 3.80. The average molecular weight is 219 g/mol. The number of nitrogens with zero attached hydrogens (tertiary/aromatic N) is 4. The number of fused-ring (bicyclic) bond motifs is 1. The molecule has 0 unspecified atom stereocenters. The Bertz CT molecular complexity index is 497. The molecule has 1 aliphatic rings. The van der Waals surface area contributed by atoms with Gasteiger partial charge >= 0.3 is 0 Å². The summed E-state index contributed by atoms with van der Waals surface area (Å²) in [5, 5.41) is 11.7. The SMILES string of the molecule is CO[C@@H]1CN[C@@H](c2nnc3cnccn23)C1. The molecule has 1 N–H and O–H groups in total.